The predicted octanol–water partition coefficient (Wildman–Crippen LogP) is 1.93. The second-order valence-corrected chi connectivity index (χ2v) is 5.57. The van der Waals surface area contributed by atoms with Gasteiger partial charge < -0.3 is 16.2 Å². The summed E-state index contributed by atoms with van der Waals surface area (Å²) in [6, 6.07) is 2.52. The number of aliphatic carboxylic acids is 1. The molecule has 4 N–H and O–H groups in total. The van der Waals surface area contributed by atoms with Crippen LogP contribution in [-0.2, 0) is 4.79 Å². The molecule has 1 amide bonds. The average molecular weight is 291 g/mol. The van der Waals surface area contributed by atoms with E-state index in [1.165, 1.54) is 0 Å². The van der Waals surface area contributed by atoms with Gasteiger partial charge in [0, 0.05) is 5.69 Å². The summed E-state index contributed by atoms with van der Waals surface area (Å²) in [7, 11) is 0. The molecule has 21 heavy (non-hydrogen) atoms. The standard InChI is InChI=1S/C15H21N3O3/c1-9-7-8-11(13(16)19)14(17-9)18-12(15(20)21)10-5-3-2-4-6-10/h7-8,10,12H,2-6H2,1H3,(H2,16,19)(H,17,18)(H,20,21). The molecular formula is C15H21N3O3. The highest BCUT2D eigenvalue weighted by Crippen LogP contribution is 2.28. The van der Waals surface area contributed by atoms with Gasteiger partial charge in [0.2, 0.25) is 0 Å². The zero-order chi connectivity index (χ0) is 15.4. The maximum Gasteiger partial charge on any atom is 0.326 e. The monoisotopic (exact) mass is 291 g/mol. The van der Waals surface area contributed by atoms with E-state index in [0.717, 1.165) is 32.1 Å². The molecule has 1 aromatic rings. The maximum atomic E-state index is 11.6. The minimum absolute atomic E-state index is 0.0549. The molecule has 1 heterocycles. The van der Waals surface area contributed by atoms with Crippen LogP contribution >= 0.6 is 0 Å². The van der Waals surface area contributed by atoms with Crippen molar-refractivity contribution in [1.29, 1.82) is 0 Å². The molecule has 0 saturated heterocycles. The third-order valence-electron chi connectivity index (χ3n) is 3.98. The van der Waals surface area contributed by atoms with Gasteiger partial charge in [-0.05, 0) is 37.8 Å². The van der Waals surface area contributed by atoms with Crippen molar-refractivity contribution in [1.82, 2.24) is 4.98 Å². The summed E-state index contributed by atoms with van der Waals surface area (Å²) in [5.41, 5.74) is 6.26. The first-order chi connectivity index (χ1) is 9.99. The number of aryl methyl sites for hydroxylation is 1. The third kappa shape index (κ3) is 3.71. The smallest absolute Gasteiger partial charge is 0.326 e. The van der Waals surface area contributed by atoms with E-state index in [-0.39, 0.29) is 17.3 Å². The molecule has 0 radical (unpaired) electrons. The van der Waals surface area contributed by atoms with Gasteiger partial charge in [-0.2, -0.15) is 0 Å². The van der Waals surface area contributed by atoms with Gasteiger partial charge in [-0.25, -0.2) is 9.78 Å². The predicted molar refractivity (Wildman–Crippen MR) is 79.1 cm³/mol. The molecule has 1 aromatic heterocycles. The van der Waals surface area contributed by atoms with Crippen LogP contribution in [-0.4, -0.2) is 28.0 Å². The number of nitrogens with two attached hydrogens (primary N) is 1. The zero-order valence-electron chi connectivity index (χ0n) is 12.1. The Labute approximate surface area is 123 Å². The Morgan fingerprint density at radius 1 is 1.33 bits per heavy atom. The summed E-state index contributed by atoms with van der Waals surface area (Å²) in [4.78, 5) is 27.3. The van der Waals surface area contributed by atoms with Gasteiger partial charge >= 0.3 is 5.97 Å². The molecule has 1 saturated carbocycles. The van der Waals surface area contributed by atoms with Gasteiger partial charge in [0.15, 0.2) is 0 Å². The quantitative estimate of drug-likeness (QED) is 0.768. The van der Waals surface area contributed by atoms with Crippen molar-refractivity contribution in [3.05, 3.63) is 23.4 Å². The Morgan fingerprint density at radius 3 is 2.57 bits per heavy atom. The zero-order valence-corrected chi connectivity index (χ0v) is 12.1. The Kier molecular flexibility index (Phi) is 4.77. The minimum atomic E-state index is -0.916. The highest BCUT2D eigenvalue weighted by atomic mass is 16.4. The number of aromatic nitrogens is 1. The van der Waals surface area contributed by atoms with Crippen molar-refractivity contribution in [2.24, 2.45) is 11.7 Å². The highest BCUT2D eigenvalue weighted by molar-refractivity contribution is 5.98. The van der Waals surface area contributed by atoms with Gasteiger partial charge in [-0.15, -0.1) is 0 Å². The Balaban J connectivity index is 2.26. The molecule has 0 spiro atoms. The summed E-state index contributed by atoms with van der Waals surface area (Å²) in [5, 5.41) is 12.4. The van der Waals surface area contributed by atoms with Crippen LogP contribution in [0.5, 0.6) is 0 Å². The number of carboxylic acids is 1. The second-order valence-electron chi connectivity index (χ2n) is 5.57. The number of pyridine rings is 1. The first-order valence-corrected chi connectivity index (χ1v) is 7.26. The van der Waals surface area contributed by atoms with Crippen LogP contribution in [0.15, 0.2) is 12.1 Å². The lowest BCUT2D eigenvalue weighted by Crippen LogP contribution is -2.39. The lowest BCUT2D eigenvalue weighted by atomic mass is 9.84. The van der Waals surface area contributed by atoms with Crippen LogP contribution in [0.3, 0.4) is 0 Å². The molecule has 1 unspecified atom stereocenters. The summed E-state index contributed by atoms with van der Waals surface area (Å²) in [6.45, 7) is 1.78. The van der Waals surface area contributed by atoms with Crippen molar-refractivity contribution >= 4 is 17.7 Å². The van der Waals surface area contributed by atoms with Crippen LogP contribution in [0.25, 0.3) is 0 Å². The Bertz CT molecular complexity index is 539. The van der Waals surface area contributed by atoms with E-state index in [9.17, 15) is 14.7 Å². The summed E-state index contributed by atoms with van der Waals surface area (Å²) in [5.74, 6) is -1.21. The van der Waals surface area contributed by atoms with E-state index in [1.54, 1.807) is 19.1 Å². The van der Waals surface area contributed by atoms with Gasteiger partial charge in [-0.3, -0.25) is 4.79 Å². The van der Waals surface area contributed by atoms with E-state index in [1.807, 2.05) is 0 Å². The van der Waals surface area contributed by atoms with Crippen molar-refractivity contribution in [2.75, 3.05) is 5.32 Å². The molecule has 1 aliphatic rings. The van der Waals surface area contributed by atoms with Crippen LogP contribution in [0.1, 0.15) is 48.2 Å². The Morgan fingerprint density at radius 2 is 2.00 bits per heavy atom. The fourth-order valence-corrected chi connectivity index (χ4v) is 2.86. The molecule has 0 bridgehead atoms. The summed E-state index contributed by atoms with van der Waals surface area (Å²) >= 11 is 0. The third-order valence-corrected chi connectivity index (χ3v) is 3.98. The molecule has 6 nitrogen and oxygen atoms in total. The van der Waals surface area contributed by atoms with Crippen molar-refractivity contribution in [3.63, 3.8) is 0 Å². The number of hydrogen-bond acceptors (Lipinski definition) is 4. The number of hydrogen-bond donors (Lipinski definition) is 3. The summed E-state index contributed by atoms with van der Waals surface area (Å²) < 4.78 is 0. The van der Waals surface area contributed by atoms with E-state index < -0.39 is 17.9 Å². The van der Waals surface area contributed by atoms with Gasteiger partial charge in [-0.1, -0.05) is 19.3 Å². The first-order valence-electron chi connectivity index (χ1n) is 7.26. The number of nitrogens with one attached hydrogen (secondary N) is 1. The van der Waals surface area contributed by atoms with Crippen LogP contribution < -0.4 is 11.1 Å². The van der Waals surface area contributed by atoms with E-state index in [2.05, 4.69) is 10.3 Å². The number of carbonyl (C=O) groups is 2. The average Bonchev–Trinajstić information content (AvgIpc) is 2.45. The summed E-state index contributed by atoms with van der Waals surface area (Å²) in [6.07, 6.45) is 4.99. The number of rotatable bonds is 5. The number of amides is 1. The van der Waals surface area contributed by atoms with Gasteiger partial charge in [0.25, 0.3) is 5.91 Å². The molecule has 0 aromatic carbocycles. The van der Waals surface area contributed by atoms with Crippen molar-refractivity contribution < 1.29 is 14.7 Å². The number of nitrogens with zero attached hydrogens (tertiary/aromatic N) is 1. The number of carboxylic acid groups (broad SMARTS) is 1. The normalized spacial score (nSPS) is 17.2. The van der Waals surface area contributed by atoms with E-state index in [4.69, 9.17) is 5.73 Å². The highest BCUT2D eigenvalue weighted by Gasteiger charge is 2.30. The lowest BCUT2D eigenvalue weighted by Gasteiger charge is -2.28. The fraction of sp³-hybridized carbons (Fsp3) is 0.533. The van der Waals surface area contributed by atoms with Gasteiger partial charge in [0.05, 0.1) is 5.56 Å². The van der Waals surface area contributed by atoms with Crippen LogP contribution in [0, 0.1) is 12.8 Å². The molecule has 1 fully saturated rings. The fourth-order valence-electron chi connectivity index (χ4n) is 2.86. The minimum Gasteiger partial charge on any atom is -0.480 e. The molecule has 1 aliphatic carbocycles. The van der Waals surface area contributed by atoms with Crippen molar-refractivity contribution in [3.8, 4) is 0 Å². The van der Waals surface area contributed by atoms with Crippen molar-refractivity contribution in [2.45, 2.75) is 45.1 Å². The molecule has 2 rings (SSSR count). The molecule has 114 valence electrons. The maximum absolute atomic E-state index is 11.6. The molecular weight excluding hydrogens is 270 g/mol. The number of primary amides is 1. The topological polar surface area (TPSA) is 105 Å². The number of carbonyl (C=O) groups excluding carboxylic acids is 1. The molecule has 0 aliphatic heterocycles. The molecule has 6 heteroatoms. The Hall–Kier alpha value is -2.11. The number of anilines is 1. The first kappa shape index (κ1) is 15.3. The van der Waals surface area contributed by atoms with E-state index >= 15 is 0 Å². The second kappa shape index (κ2) is 6.56. The molecule has 1 atom stereocenters. The van der Waals surface area contributed by atoms with Crippen LogP contribution in [0.2, 0.25) is 0 Å². The largest absolute Gasteiger partial charge is 0.480 e. The SMILES string of the molecule is Cc1ccc(C(N)=O)c(NC(C(=O)O)C2CCCCC2)n1. The van der Waals surface area contributed by atoms with Gasteiger partial charge in [0.1, 0.15) is 11.9 Å². The lowest BCUT2D eigenvalue weighted by molar-refractivity contribution is -0.139. The van der Waals surface area contributed by atoms with E-state index in [0.29, 0.717) is 5.69 Å². The van der Waals surface area contributed by atoms with Crippen LogP contribution in [0.4, 0.5) is 5.82 Å².